The van der Waals surface area contributed by atoms with Gasteiger partial charge in [-0.3, -0.25) is 0 Å². The van der Waals surface area contributed by atoms with E-state index in [1.807, 2.05) is 0 Å². The molecule has 20 heavy (non-hydrogen) atoms. The number of benzene rings is 1. The van der Waals surface area contributed by atoms with Crippen LogP contribution >= 0.6 is 12.4 Å². The van der Waals surface area contributed by atoms with Crippen LogP contribution in [0.2, 0.25) is 0 Å². The molecular formula is C12H14ClF5N2. The van der Waals surface area contributed by atoms with Crippen molar-refractivity contribution in [2.45, 2.75) is 18.9 Å². The molecule has 8 heteroatoms. The highest BCUT2D eigenvalue weighted by Crippen LogP contribution is 2.33. The minimum Gasteiger partial charge on any atom is -0.324 e. The number of nitrogens with one attached hydrogen (secondary N) is 1. The molecule has 0 bridgehead atoms. The summed E-state index contributed by atoms with van der Waals surface area (Å²) in [7, 11) is 0. The van der Waals surface area contributed by atoms with E-state index in [1.165, 1.54) is 0 Å². The van der Waals surface area contributed by atoms with Crippen molar-refractivity contribution in [2.75, 3.05) is 13.1 Å². The van der Waals surface area contributed by atoms with Gasteiger partial charge >= 0.3 is 0 Å². The molecule has 2 nitrogen and oxygen atoms in total. The number of halogens is 6. The van der Waals surface area contributed by atoms with Gasteiger partial charge in [0.2, 0.25) is 5.82 Å². The average Bonchev–Trinajstić information content (AvgIpc) is 2.44. The third-order valence-electron chi connectivity index (χ3n) is 3.47. The Balaban J connectivity index is 0.00000200. The Kier molecular flexibility index (Phi) is 5.73. The normalized spacial score (nSPS) is 17.7. The largest absolute Gasteiger partial charge is 0.324 e. The molecule has 0 saturated carbocycles. The molecule has 1 heterocycles. The summed E-state index contributed by atoms with van der Waals surface area (Å²) < 4.78 is 66.3. The van der Waals surface area contributed by atoms with Crippen LogP contribution < -0.4 is 11.1 Å². The number of rotatable bonds is 2. The third-order valence-corrected chi connectivity index (χ3v) is 3.47. The minimum atomic E-state index is -2.16. The van der Waals surface area contributed by atoms with Crippen LogP contribution in [0.4, 0.5) is 22.0 Å². The first-order valence-corrected chi connectivity index (χ1v) is 5.92. The molecule has 0 radical (unpaired) electrons. The van der Waals surface area contributed by atoms with Crippen molar-refractivity contribution in [3.05, 3.63) is 34.6 Å². The van der Waals surface area contributed by atoms with Crippen molar-refractivity contribution >= 4 is 12.4 Å². The monoisotopic (exact) mass is 316 g/mol. The maximum absolute atomic E-state index is 13.6. The summed E-state index contributed by atoms with van der Waals surface area (Å²) in [5.74, 6) is -10.0. The van der Waals surface area contributed by atoms with E-state index >= 15 is 0 Å². The molecule has 1 atom stereocenters. The summed E-state index contributed by atoms with van der Waals surface area (Å²) in [6.45, 7) is 1.21. The van der Waals surface area contributed by atoms with Gasteiger partial charge < -0.3 is 11.1 Å². The summed E-state index contributed by atoms with van der Waals surface area (Å²) in [6, 6.07) is -1.20. The maximum Gasteiger partial charge on any atom is 0.200 e. The lowest BCUT2D eigenvalue weighted by molar-refractivity contribution is 0.297. The molecule has 1 aliphatic rings. The van der Waals surface area contributed by atoms with Crippen LogP contribution in [0.3, 0.4) is 0 Å². The zero-order valence-corrected chi connectivity index (χ0v) is 11.2. The zero-order chi connectivity index (χ0) is 14.2. The molecule has 1 saturated heterocycles. The Labute approximate surface area is 118 Å². The first-order chi connectivity index (χ1) is 8.95. The smallest absolute Gasteiger partial charge is 0.200 e. The van der Waals surface area contributed by atoms with Crippen LogP contribution in [0.1, 0.15) is 24.4 Å². The van der Waals surface area contributed by atoms with E-state index in [-0.39, 0.29) is 18.3 Å². The Morgan fingerprint density at radius 3 is 1.70 bits per heavy atom. The minimum absolute atomic E-state index is 0. The summed E-state index contributed by atoms with van der Waals surface area (Å²) in [6.07, 6.45) is 1.06. The van der Waals surface area contributed by atoms with Crippen LogP contribution in [0, 0.1) is 35.0 Å². The lowest BCUT2D eigenvalue weighted by Gasteiger charge is -2.28. The molecule has 0 amide bonds. The molecule has 0 spiro atoms. The van der Waals surface area contributed by atoms with Crippen molar-refractivity contribution in [1.82, 2.24) is 5.32 Å². The van der Waals surface area contributed by atoms with Gasteiger partial charge in [-0.1, -0.05) is 0 Å². The molecular weight excluding hydrogens is 303 g/mol. The van der Waals surface area contributed by atoms with Crippen molar-refractivity contribution < 1.29 is 22.0 Å². The first kappa shape index (κ1) is 17.1. The lowest BCUT2D eigenvalue weighted by atomic mass is 9.86. The number of nitrogens with two attached hydrogens (primary N) is 1. The second-order valence-corrected chi connectivity index (χ2v) is 4.60. The molecule has 1 fully saturated rings. The second kappa shape index (κ2) is 6.69. The zero-order valence-electron chi connectivity index (χ0n) is 10.4. The standard InChI is InChI=1S/C12H13F5N2.ClH/c13-7-6(8(14)10(16)11(17)9(7)15)12(18)5-1-3-19-4-2-5;/h5,12,19H,1-4,18H2;1H/t12-;/m1./s1. The molecule has 1 aromatic rings. The predicted octanol–water partition coefficient (Wildman–Crippen LogP) is 2.80. The van der Waals surface area contributed by atoms with Crippen LogP contribution in [-0.2, 0) is 0 Å². The van der Waals surface area contributed by atoms with Crippen LogP contribution in [0.5, 0.6) is 0 Å². The first-order valence-electron chi connectivity index (χ1n) is 5.92. The van der Waals surface area contributed by atoms with E-state index in [0.717, 1.165) is 0 Å². The molecule has 0 aliphatic carbocycles. The van der Waals surface area contributed by atoms with Gasteiger partial charge in [0, 0.05) is 11.6 Å². The van der Waals surface area contributed by atoms with Gasteiger partial charge in [-0.25, -0.2) is 22.0 Å². The van der Waals surface area contributed by atoms with E-state index < -0.39 is 40.7 Å². The quantitative estimate of drug-likeness (QED) is 0.500. The fourth-order valence-corrected chi connectivity index (χ4v) is 2.35. The van der Waals surface area contributed by atoms with E-state index in [1.54, 1.807) is 0 Å². The molecule has 0 unspecified atom stereocenters. The van der Waals surface area contributed by atoms with Crippen LogP contribution in [0.15, 0.2) is 0 Å². The highest BCUT2D eigenvalue weighted by molar-refractivity contribution is 5.85. The van der Waals surface area contributed by atoms with Gasteiger partial charge in [0.25, 0.3) is 0 Å². The summed E-state index contributed by atoms with van der Waals surface area (Å²) in [5.41, 5.74) is 4.78. The van der Waals surface area contributed by atoms with Crippen LogP contribution in [-0.4, -0.2) is 13.1 Å². The van der Waals surface area contributed by atoms with Crippen molar-refractivity contribution in [3.8, 4) is 0 Å². The van der Waals surface area contributed by atoms with Gasteiger partial charge in [0.15, 0.2) is 23.3 Å². The Hall–Kier alpha value is -0.920. The van der Waals surface area contributed by atoms with Gasteiger partial charge in [-0.2, -0.15) is 0 Å². The highest BCUT2D eigenvalue weighted by Gasteiger charge is 2.32. The fraction of sp³-hybridized carbons (Fsp3) is 0.500. The number of piperidine rings is 1. The van der Waals surface area contributed by atoms with Crippen molar-refractivity contribution in [3.63, 3.8) is 0 Å². The highest BCUT2D eigenvalue weighted by atomic mass is 35.5. The summed E-state index contributed by atoms with van der Waals surface area (Å²) in [5, 5.41) is 3.03. The van der Waals surface area contributed by atoms with E-state index in [4.69, 9.17) is 5.73 Å². The number of hydrogen-bond acceptors (Lipinski definition) is 2. The maximum atomic E-state index is 13.6. The molecule has 1 aliphatic heterocycles. The fourth-order valence-electron chi connectivity index (χ4n) is 2.35. The molecule has 3 N–H and O–H groups in total. The molecule has 1 aromatic carbocycles. The van der Waals surface area contributed by atoms with Crippen LogP contribution in [0.25, 0.3) is 0 Å². The number of hydrogen-bond donors (Lipinski definition) is 2. The summed E-state index contributed by atoms with van der Waals surface area (Å²) in [4.78, 5) is 0. The van der Waals surface area contributed by atoms with E-state index in [9.17, 15) is 22.0 Å². The second-order valence-electron chi connectivity index (χ2n) is 4.60. The Morgan fingerprint density at radius 1 is 0.850 bits per heavy atom. The SMILES string of the molecule is Cl.N[C@@H](c1c(F)c(F)c(F)c(F)c1F)C1CCNCC1. The Morgan fingerprint density at radius 2 is 1.25 bits per heavy atom. The lowest BCUT2D eigenvalue weighted by Crippen LogP contribution is -2.35. The molecule has 114 valence electrons. The topological polar surface area (TPSA) is 38.0 Å². The average molecular weight is 317 g/mol. The van der Waals surface area contributed by atoms with Gasteiger partial charge in [-0.05, 0) is 31.8 Å². The predicted molar refractivity (Wildman–Crippen MR) is 66.0 cm³/mol. The third kappa shape index (κ3) is 2.89. The van der Waals surface area contributed by atoms with Crippen molar-refractivity contribution in [1.29, 1.82) is 0 Å². The van der Waals surface area contributed by atoms with Crippen molar-refractivity contribution in [2.24, 2.45) is 11.7 Å². The van der Waals surface area contributed by atoms with Gasteiger partial charge in [0.1, 0.15) is 0 Å². The van der Waals surface area contributed by atoms with E-state index in [2.05, 4.69) is 5.32 Å². The molecule has 2 rings (SSSR count). The summed E-state index contributed by atoms with van der Waals surface area (Å²) >= 11 is 0. The van der Waals surface area contributed by atoms with Gasteiger partial charge in [-0.15, -0.1) is 12.4 Å². The van der Waals surface area contributed by atoms with E-state index in [0.29, 0.717) is 25.9 Å². The molecule has 0 aromatic heterocycles. The van der Waals surface area contributed by atoms with Gasteiger partial charge in [0.05, 0.1) is 0 Å². The Bertz CT molecular complexity index is 462.